The lowest BCUT2D eigenvalue weighted by atomic mass is 9.84. The largest absolute Gasteiger partial charge is 0.353 e. The van der Waals surface area contributed by atoms with Crippen LogP contribution < -0.4 is 5.32 Å². The summed E-state index contributed by atoms with van der Waals surface area (Å²) in [6.07, 6.45) is 5.45. The Morgan fingerprint density at radius 2 is 2.00 bits per heavy atom. The third-order valence-corrected chi connectivity index (χ3v) is 8.40. The van der Waals surface area contributed by atoms with Crippen molar-refractivity contribution in [1.29, 1.82) is 0 Å². The van der Waals surface area contributed by atoms with Gasteiger partial charge in [0.25, 0.3) is 0 Å². The van der Waals surface area contributed by atoms with Crippen molar-refractivity contribution in [1.82, 2.24) is 15.5 Å². The van der Waals surface area contributed by atoms with Crippen LogP contribution in [0.15, 0.2) is 20.8 Å². The molecule has 2 aliphatic rings. The first-order chi connectivity index (χ1) is 11.5. The summed E-state index contributed by atoms with van der Waals surface area (Å²) < 4.78 is 1.80. The zero-order valence-electron chi connectivity index (χ0n) is 14.3. The standard InChI is InChI=1S/C17H25N3OS3/c1-10(2)8-22-16-19-20-17(24-16)23-9-15(21)18-11(3)14-7-12-4-5-13(14)6-12/h11-14H,1,4-9H2,2-3H3,(H,18,21)/t11-,12-,13-,14-/m0/s1. The van der Waals surface area contributed by atoms with Gasteiger partial charge in [0, 0.05) is 11.8 Å². The molecule has 0 spiro atoms. The molecule has 24 heavy (non-hydrogen) atoms. The molecule has 0 saturated heterocycles. The van der Waals surface area contributed by atoms with E-state index < -0.39 is 0 Å². The maximum Gasteiger partial charge on any atom is 0.230 e. The lowest BCUT2D eigenvalue weighted by Gasteiger charge is -2.28. The molecule has 1 N–H and O–H groups in total. The Morgan fingerprint density at radius 1 is 1.29 bits per heavy atom. The van der Waals surface area contributed by atoms with Crippen molar-refractivity contribution in [3.05, 3.63) is 12.2 Å². The summed E-state index contributed by atoms with van der Waals surface area (Å²) in [5.74, 6) is 3.84. The van der Waals surface area contributed by atoms with Gasteiger partial charge in [-0.1, -0.05) is 53.4 Å². The first-order valence-corrected chi connectivity index (χ1v) is 11.3. The SMILES string of the molecule is C=C(C)CSc1nnc(SCC(=O)N[C@@H](C)[C@@H]2C[C@H]3CC[C@H]2C3)s1. The number of rotatable bonds is 8. The van der Waals surface area contributed by atoms with Crippen molar-refractivity contribution >= 4 is 40.8 Å². The van der Waals surface area contributed by atoms with Gasteiger partial charge in [-0.2, -0.15) is 0 Å². The van der Waals surface area contributed by atoms with Crippen molar-refractivity contribution in [2.45, 2.75) is 54.3 Å². The van der Waals surface area contributed by atoms with Crippen LogP contribution in [-0.4, -0.2) is 33.7 Å². The number of hydrogen-bond acceptors (Lipinski definition) is 6. The van der Waals surface area contributed by atoms with Crippen LogP contribution in [0.1, 0.15) is 39.5 Å². The molecule has 4 atom stereocenters. The number of amides is 1. The number of nitrogens with zero attached hydrogens (tertiary/aromatic N) is 2. The number of hydrogen-bond donors (Lipinski definition) is 1. The molecule has 3 rings (SSSR count). The predicted octanol–water partition coefficient (Wildman–Crippen LogP) is 4.24. The van der Waals surface area contributed by atoms with Crippen LogP contribution in [0.5, 0.6) is 0 Å². The zero-order valence-corrected chi connectivity index (χ0v) is 16.7. The second-order valence-electron chi connectivity index (χ2n) is 7.06. The fourth-order valence-electron chi connectivity index (χ4n) is 3.93. The van der Waals surface area contributed by atoms with Gasteiger partial charge >= 0.3 is 0 Å². The number of carbonyl (C=O) groups is 1. The van der Waals surface area contributed by atoms with Gasteiger partial charge in [-0.15, -0.1) is 10.2 Å². The molecule has 1 heterocycles. The summed E-state index contributed by atoms with van der Waals surface area (Å²) in [7, 11) is 0. The molecule has 1 amide bonds. The highest BCUT2D eigenvalue weighted by Crippen LogP contribution is 2.49. The first kappa shape index (κ1) is 18.3. The van der Waals surface area contributed by atoms with Gasteiger partial charge in [-0.3, -0.25) is 4.79 Å². The highest BCUT2D eigenvalue weighted by atomic mass is 32.2. The Kier molecular flexibility index (Phi) is 6.27. The number of aromatic nitrogens is 2. The third kappa shape index (κ3) is 4.76. The van der Waals surface area contributed by atoms with Crippen molar-refractivity contribution in [2.75, 3.05) is 11.5 Å². The highest BCUT2D eigenvalue weighted by molar-refractivity contribution is 8.03. The molecule has 0 unspecified atom stereocenters. The van der Waals surface area contributed by atoms with E-state index in [4.69, 9.17) is 0 Å². The summed E-state index contributed by atoms with van der Waals surface area (Å²) in [6, 6.07) is 0.296. The molecule has 1 aromatic rings. The average Bonchev–Trinajstić information content (AvgIpc) is 3.27. The Hall–Kier alpha value is -0.530. The molecule has 0 aliphatic heterocycles. The minimum Gasteiger partial charge on any atom is -0.353 e. The van der Waals surface area contributed by atoms with E-state index in [9.17, 15) is 4.79 Å². The van der Waals surface area contributed by atoms with Gasteiger partial charge in [0.15, 0.2) is 8.68 Å². The molecule has 2 saturated carbocycles. The topological polar surface area (TPSA) is 54.9 Å². The molecular formula is C17H25N3OS3. The summed E-state index contributed by atoms with van der Waals surface area (Å²) >= 11 is 4.68. The Labute approximate surface area is 156 Å². The van der Waals surface area contributed by atoms with Crippen molar-refractivity contribution in [3.8, 4) is 0 Å². The van der Waals surface area contributed by atoms with E-state index in [1.165, 1.54) is 37.4 Å². The maximum absolute atomic E-state index is 12.2. The third-order valence-electron chi connectivity index (χ3n) is 4.98. The smallest absolute Gasteiger partial charge is 0.230 e. The van der Waals surface area contributed by atoms with Crippen LogP contribution in [-0.2, 0) is 4.79 Å². The molecule has 1 aromatic heterocycles. The minimum absolute atomic E-state index is 0.113. The average molecular weight is 384 g/mol. The monoisotopic (exact) mass is 383 g/mol. The van der Waals surface area contributed by atoms with E-state index in [-0.39, 0.29) is 5.91 Å². The first-order valence-electron chi connectivity index (χ1n) is 8.54. The van der Waals surface area contributed by atoms with Crippen LogP contribution in [0.2, 0.25) is 0 Å². The Balaban J connectivity index is 1.40. The summed E-state index contributed by atoms with van der Waals surface area (Å²) in [6.45, 7) is 8.07. The number of fused-ring (bicyclic) bond motifs is 2. The molecule has 4 nitrogen and oxygen atoms in total. The summed E-state index contributed by atoms with van der Waals surface area (Å²) in [4.78, 5) is 12.2. The Morgan fingerprint density at radius 3 is 2.58 bits per heavy atom. The van der Waals surface area contributed by atoms with Crippen LogP contribution >= 0.6 is 34.9 Å². The minimum atomic E-state index is 0.113. The lowest BCUT2D eigenvalue weighted by molar-refractivity contribution is -0.119. The lowest BCUT2D eigenvalue weighted by Crippen LogP contribution is -2.40. The van der Waals surface area contributed by atoms with Crippen molar-refractivity contribution < 1.29 is 4.79 Å². The second-order valence-corrected chi connectivity index (χ2v) is 10.5. The van der Waals surface area contributed by atoms with E-state index in [0.717, 1.165) is 31.8 Å². The van der Waals surface area contributed by atoms with E-state index in [0.29, 0.717) is 17.7 Å². The fourth-order valence-corrected chi connectivity index (χ4v) is 6.61. The van der Waals surface area contributed by atoms with E-state index in [1.54, 1.807) is 23.1 Å². The predicted molar refractivity (Wildman–Crippen MR) is 103 cm³/mol. The van der Waals surface area contributed by atoms with Crippen LogP contribution in [0, 0.1) is 17.8 Å². The fraction of sp³-hybridized carbons (Fsp3) is 0.706. The van der Waals surface area contributed by atoms with Crippen molar-refractivity contribution in [2.24, 2.45) is 17.8 Å². The molecule has 2 fully saturated rings. The van der Waals surface area contributed by atoms with E-state index in [1.807, 2.05) is 6.92 Å². The normalized spacial score (nSPS) is 26.5. The number of carbonyl (C=O) groups excluding carboxylic acids is 1. The van der Waals surface area contributed by atoms with Crippen LogP contribution in [0.25, 0.3) is 0 Å². The summed E-state index contributed by atoms with van der Waals surface area (Å²) in [5, 5.41) is 11.5. The van der Waals surface area contributed by atoms with Gasteiger partial charge in [-0.05, 0) is 50.9 Å². The van der Waals surface area contributed by atoms with Crippen LogP contribution in [0.3, 0.4) is 0 Å². The molecule has 7 heteroatoms. The molecule has 0 aromatic carbocycles. The Bertz CT molecular complexity index is 604. The highest BCUT2D eigenvalue weighted by Gasteiger charge is 2.42. The van der Waals surface area contributed by atoms with Gasteiger partial charge < -0.3 is 5.32 Å². The second kappa shape index (κ2) is 8.23. The van der Waals surface area contributed by atoms with Gasteiger partial charge in [0.2, 0.25) is 5.91 Å². The van der Waals surface area contributed by atoms with Gasteiger partial charge in [0.05, 0.1) is 5.75 Å². The van der Waals surface area contributed by atoms with Crippen LogP contribution in [0.4, 0.5) is 0 Å². The number of thioether (sulfide) groups is 2. The van der Waals surface area contributed by atoms with Gasteiger partial charge in [-0.25, -0.2) is 0 Å². The molecule has 2 bridgehead atoms. The number of nitrogens with one attached hydrogen (secondary N) is 1. The van der Waals surface area contributed by atoms with E-state index >= 15 is 0 Å². The maximum atomic E-state index is 12.2. The molecule has 132 valence electrons. The van der Waals surface area contributed by atoms with Gasteiger partial charge in [0.1, 0.15) is 0 Å². The quantitative estimate of drug-likeness (QED) is 0.537. The molecule has 0 radical (unpaired) electrons. The van der Waals surface area contributed by atoms with E-state index in [2.05, 4.69) is 29.0 Å². The summed E-state index contributed by atoms with van der Waals surface area (Å²) in [5.41, 5.74) is 1.12. The van der Waals surface area contributed by atoms with Crippen molar-refractivity contribution in [3.63, 3.8) is 0 Å². The molecular weight excluding hydrogens is 358 g/mol. The molecule has 2 aliphatic carbocycles. The zero-order chi connectivity index (χ0) is 17.1.